The zero-order chi connectivity index (χ0) is 15.2. The van der Waals surface area contributed by atoms with Crippen LogP contribution in [0.5, 0.6) is 0 Å². The number of aliphatic hydroxyl groups excluding tert-OH is 1. The Balaban J connectivity index is 2.38. The van der Waals surface area contributed by atoms with Crippen LogP contribution in [0.1, 0.15) is 32.8 Å². The minimum absolute atomic E-state index is 0.0131. The lowest BCUT2D eigenvalue weighted by Gasteiger charge is -2.22. The van der Waals surface area contributed by atoms with Crippen molar-refractivity contribution in [3.05, 3.63) is 30.1 Å². The van der Waals surface area contributed by atoms with Gasteiger partial charge in [0.05, 0.1) is 11.9 Å². The van der Waals surface area contributed by atoms with Crippen LogP contribution < -0.4 is 4.72 Å². The molecule has 6 heteroatoms. The summed E-state index contributed by atoms with van der Waals surface area (Å²) in [6.45, 7) is 6.09. The molecule has 1 heterocycles. The summed E-state index contributed by atoms with van der Waals surface area (Å²) in [5.41, 5.74) is 0.905. The Morgan fingerprint density at radius 2 is 1.90 bits per heavy atom. The van der Waals surface area contributed by atoms with Crippen molar-refractivity contribution in [3.63, 3.8) is 0 Å². The number of aromatic nitrogens is 1. The molecule has 0 aliphatic rings. The second kappa shape index (κ2) is 7.15. The largest absolute Gasteiger partial charge is 0.392 e. The third kappa shape index (κ3) is 7.57. The van der Waals surface area contributed by atoms with Gasteiger partial charge in [0.25, 0.3) is 0 Å². The van der Waals surface area contributed by atoms with E-state index in [4.69, 9.17) is 0 Å². The van der Waals surface area contributed by atoms with E-state index < -0.39 is 16.1 Å². The molecule has 1 aromatic heterocycles. The van der Waals surface area contributed by atoms with E-state index >= 15 is 0 Å². The summed E-state index contributed by atoms with van der Waals surface area (Å²) in [5, 5.41) is 9.80. The number of hydrogen-bond donors (Lipinski definition) is 2. The van der Waals surface area contributed by atoms with Crippen LogP contribution in [0.15, 0.2) is 24.5 Å². The van der Waals surface area contributed by atoms with Crippen LogP contribution in [0.4, 0.5) is 0 Å². The lowest BCUT2D eigenvalue weighted by atomic mass is 9.89. The van der Waals surface area contributed by atoms with Crippen LogP contribution >= 0.6 is 0 Å². The van der Waals surface area contributed by atoms with E-state index in [1.807, 2.05) is 20.8 Å². The van der Waals surface area contributed by atoms with E-state index in [1.54, 1.807) is 24.5 Å². The fourth-order valence-corrected chi connectivity index (χ4v) is 2.97. The maximum absolute atomic E-state index is 11.8. The average Bonchev–Trinajstić information content (AvgIpc) is 2.34. The molecule has 0 aliphatic carbocycles. The molecule has 0 amide bonds. The van der Waals surface area contributed by atoms with E-state index in [-0.39, 0.29) is 17.7 Å². The van der Waals surface area contributed by atoms with Gasteiger partial charge in [-0.2, -0.15) is 0 Å². The summed E-state index contributed by atoms with van der Waals surface area (Å²) in [6.07, 6.45) is 3.61. The van der Waals surface area contributed by atoms with Crippen LogP contribution in [0.3, 0.4) is 0 Å². The molecule has 0 radical (unpaired) electrons. The standard InChI is InChI=1S/C14H24N2O3S/c1-14(2,3)10-13(17)11-16-20(18,19)9-6-12-4-7-15-8-5-12/h4-5,7-8,13,16-17H,6,9-11H2,1-3H3. The van der Waals surface area contributed by atoms with Crippen LogP contribution in [-0.4, -0.2) is 36.9 Å². The number of hydrogen-bond acceptors (Lipinski definition) is 4. The smallest absolute Gasteiger partial charge is 0.212 e. The Labute approximate surface area is 121 Å². The quantitative estimate of drug-likeness (QED) is 0.796. The molecule has 2 N–H and O–H groups in total. The number of nitrogens with zero attached hydrogens (tertiary/aromatic N) is 1. The zero-order valence-corrected chi connectivity index (χ0v) is 13.2. The van der Waals surface area contributed by atoms with Crippen LogP contribution in [-0.2, 0) is 16.4 Å². The lowest BCUT2D eigenvalue weighted by molar-refractivity contribution is 0.125. The fourth-order valence-electron chi connectivity index (χ4n) is 1.88. The van der Waals surface area contributed by atoms with Gasteiger partial charge in [0.2, 0.25) is 10.0 Å². The fraction of sp³-hybridized carbons (Fsp3) is 0.643. The first-order valence-electron chi connectivity index (χ1n) is 6.72. The number of aliphatic hydroxyl groups is 1. The predicted octanol–water partition coefficient (Wildman–Crippen LogP) is 1.34. The average molecular weight is 300 g/mol. The van der Waals surface area contributed by atoms with Crippen molar-refractivity contribution in [3.8, 4) is 0 Å². The first-order chi connectivity index (χ1) is 9.18. The molecule has 0 saturated heterocycles. The van der Waals surface area contributed by atoms with Crippen molar-refractivity contribution in [1.82, 2.24) is 9.71 Å². The van der Waals surface area contributed by atoms with Gasteiger partial charge in [0.15, 0.2) is 0 Å². The molecule has 0 bridgehead atoms. The van der Waals surface area contributed by atoms with Crippen molar-refractivity contribution < 1.29 is 13.5 Å². The molecular formula is C14H24N2O3S. The molecule has 0 aliphatic heterocycles. The van der Waals surface area contributed by atoms with Crippen molar-refractivity contribution >= 4 is 10.0 Å². The normalized spacial score (nSPS) is 14.2. The van der Waals surface area contributed by atoms with Gasteiger partial charge in [-0.3, -0.25) is 4.98 Å². The lowest BCUT2D eigenvalue weighted by Crippen LogP contribution is -2.35. The molecule has 1 aromatic rings. The molecule has 1 unspecified atom stereocenters. The minimum atomic E-state index is -3.36. The zero-order valence-electron chi connectivity index (χ0n) is 12.3. The number of aryl methyl sites for hydroxylation is 1. The Bertz CT molecular complexity index is 495. The van der Waals surface area contributed by atoms with Gasteiger partial charge in [0.1, 0.15) is 0 Å². The molecule has 0 spiro atoms. The van der Waals surface area contributed by atoms with E-state index in [0.29, 0.717) is 12.8 Å². The van der Waals surface area contributed by atoms with Crippen molar-refractivity contribution in [2.75, 3.05) is 12.3 Å². The summed E-state index contributed by atoms with van der Waals surface area (Å²) in [6, 6.07) is 3.59. The summed E-state index contributed by atoms with van der Waals surface area (Å²) in [4.78, 5) is 3.89. The number of pyridine rings is 1. The third-order valence-corrected chi connectivity index (χ3v) is 4.14. The SMILES string of the molecule is CC(C)(C)CC(O)CNS(=O)(=O)CCc1ccncc1. The summed E-state index contributed by atoms with van der Waals surface area (Å²) in [5.74, 6) is 0.0131. The first kappa shape index (κ1) is 17.1. The van der Waals surface area contributed by atoms with Crippen molar-refractivity contribution in [2.45, 2.75) is 39.7 Å². The van der Waals surface area contributed by atoms with Crippen molar-refractivity contribution in [2.24, 2.45) is 5.41 Å². The molecule has 0 aromatic carbocycles. The van der Waals surface area contributed by atoms with Gasteiger partial charge in [-0.05, 0) is 36.0 Å². The summed E-state index contributed by atoms with van der Waals surface area (Å²) < 4.78 is 26.1. The first-order valence-corrected chi connectivity index (χ1v) is 8.37. The third-order valence-electron chi connectivity index (χ3n) is 2.80. The van der Waals surface area contributed by atoms with Crippen LogP contribution in [0.2, 0.25) is 0 Å². The monoisotopic (exact) mass is 300 g/mol. The van der Waals surface area contributed by atoms with E-state index in [1.165, 1.54) is 0 Å². The summed E-state index contributed by atoms with van der Waals surface area (Å²) >= 11 is 0. The Kier molecular flexibility index (Phi) is 6.10. The maximum Gasteiger partial charge on any atom is 0.212 e. The molecule has 0 fully saturated rings. The predicted molar refractivity (Wildman–Crippen MR) is 79.8 cm³/mol. The Morgan fingerprint density at radius 3 is 2.45 bits per heavy atom. The Hall–Kier alpha value is -0.980. The highest BCUT2D eigenvalue weighted by Crippen LogP contribution is 2.20. The van der Waals surface area contributed by atoms with Gasteiger partial charge in [-0.1, -0.05) is 20.8 Å². The molecule has 0 saturated carbocycles. The van der Waals surface area contributed by atoms with Crippen molar-refractivity contribution in [1.29, 1.82) is 0 Å². The van der Waals surface area contributed by atoms with Gasteiger partial charge in [-0.25, -0.2) is 13.1 Å². The van der Waals surface area contributed by atoms with E-state index in [2.05, 4.69) is 9.71 Å². The maximum atomic E-state index is 11.8. The molecule has 5 nitrogen and oxygen atoms in total. The highest BCUT2D eigenvalue weighted by molar-refractivity contribution is 7.89. The van der Waals surface area contributed by atoms with Crippen LogP contribution in [0, 0.1) is 5.41 Å². The number of rotatable bonds is 7. The highest BCUT2D eigenvalue weighted by Gasteiger charge is 2.19. The topological polar surface area (TPSA) is 79.3 Å². The van der Waals surface area contributed by atoms with E-state index in [9.17, 15) is 13.5 Å². The summed E-state index contributed by atoms with van der Waals surface area (Å²) in [7, 11) is -3.36. The number of nitrogens with one attached hydrogen (secondary N) is 1. The van der Waals surface area contributed by atoms with Gasteiger partial charge < -0.3 is 5.11 Å². The van der Waals surface area contributed by atoms with Gasteiger partial charge in [-0.15, -0.1) is 0 Å². The van der Waals surface area contributed by atoms with Gasteiger partial charge >= 0.3 is 0 Å². The number of sulfonamides is 1. The molecule has 1 rings (SSSR count). The van der Waals surface area contributed by atoms with Crippen LogP contribution in [0.25, 0.3) is 0 Å². The second-order valence-corrected chi connectivity index (χ2v) is 8.12. The second-order valence-electron chi connectivity index (χ2n) is 6.19. The molecule has 20 heavy (non-hydrogen) atoms. The van der Waals surface area contributed by atoms with Gasteiger partial charge in [0, 0.05) is 18.9 Å². The Morgan fingerprint density at radius 1 is 1.30 bits per heavy atom. The minimum Gasteiger partial charge on any atom is -0.392 e. The molecule has 114 valence electrons. The molecule has 1 atom stereocenters. The molecular weight excluding hydrogens is 276 g/mol. The highest BCUT2D eigenvalue weighted by atomic mass is 32.2. The van der Waals surface area contributed by atoms with E-state index in [0.717, 1.165) is 5.56 Å².